The molecule has 2 saturated carbocycles. The van der Waals surface area contributed by atoms with E-state index in [0.29, 0.717) is 18.3 Å². The second-order valence-electron chi connectivity index (χ2n) is 8.85. The highest BCUT2D eigenvalue weighted by Gasteiger charge is 2.57. The number of rotatable bonds is 1. The maximum atomic E-state index is 12.0. The molecule has 0 aromatic carbocycles. The zero-order chi connectivity index (χ0) is 17.1. The summed E-state index contributed by atoms with van der Waals surface area (Å²) in [5.41, 5.74) is 2.70. The molecule has 0 saturated heterocycles. The van der Waals surface area contributed by atoms with E-state index in [0.717, 1.165) is 32.1 Å². The maximum absolute atomic E-state index is 12.0. The Morgan fingerprint density at radius 1 is 1.33 bits per heavy atom. The van der Waals surface area contributed by atoms with Crippen LogP contribution in [0.25, 0.3) is 0 Å². The summed E-state index contributed by atoms with van der Waals surface area (Å²) in [6.07, 6.45) is 9.81. The first kappa shape index (κ1) is 16.1. The van der Waals surface area contributed by atoms with Gasteiger partial charge in [0.1, 0.15) is 0 Å². The Balaban J connectivity index is 1.80. The first-order chi connectivity index (χ1) is 11.4. The van der Waals surface area contributed by atoms with E-state index in [4.69, 9.17) is 0 Å². The van der Waals surface area contributed by atoms with E-state index in [-0.39, 0.29) is 35.1 Å². The Labute approximate surface area is 144 Å². The number of aliphatic hydroxyl groups is 1. The molecule has 24 heavy (non-hydrogen) atoms. The van der Waals surface area contributed by atoms with Gasteiger partial charge in [-0.3, -0.25) is 4.79 Å². The van der Waals surface area contributed by atoms with Crippen molar-refractivity contribution < 1.29 is 9.90 Å². The number of ketones is 1. The minimum absolute atomic E-state index is 0.0592. The van der Waals surface area contributed by atoms with Crippen molar-refractivity contribution in [3.05, 3.63) is 23.3 Å². The normalized spacial score (nSPS) is 47.0. The van der Waals surface area contributed by atoms with Crippen LogP contribution < -0.4 is 0 Å². The first-order valence-electron chi connectivity index (χ1n) is 9.40. The highest BCUT2D eigenvalue weighted by molar-refractivity contribution is 5.92. The number of allylic oxidation sites excluding steroid dienone is 3. The monoisotopic (exact) mass is 325 g/mol. The molecule has 0 amide bonds. The maximum Gasteiger partial charge on any atom is 0.155 e. The topological polar surface area (TPSA) is 61.1 Å². The molecule has 1 N–H and O–H groups in total. The number of hydrogen-bond donors (Lipinski definition) is 1. The third kappa shape index (κ3) is 1.96. The predicted octanol–water partition coefficient (Wildman–Crippen LogP) is 3.80. The van der Waals surface area contributed by atoms with Crippen molar-refractivity contribution in [3.63, 3.8) is 0 Å². The standard InChI is InChI=1S/C21H27NO2/c1-20-8-6-18-16(17(20)4-3-14(20)11-22)9-13(12-23)19-10-15(24)5-7-21(18,19)2/h6,10,13-14,16-17,23H,3-5,7-9,12H2,1-2H3/t13?,14-,16+,17+,20-,21-/m1/s1. The van der Waals surface area contributed by atoms with Gasteiger partial charge in [0.05, 0.1) is 12.0 Å². The number of carbonyl (C=O) groups excluding carboxylic acids is 1. The summed E-state index contributed by atoms with van der Waals surface area (Å²) < 4.78 is 0. The average molecular weight is 325 g/mol. The average Bonchev–Trinajstić information content (AvgIpc) is 2.91. The SMILES string of the molecule is C[C@]12CCC(=O)C=C1C(CO)C[C@@H]1C2=CC[C@]2(C)[C@@H](C#N)CC[C@@H]12. The Morgan fingerprint density at radius 3 is 2.83 bits per heavy atom. The summed E-state index contributed by atoms with van der Waals surface area (Å²) in [6, 6.07) is 2.56. The molecular weight excluding hydrogens is 298 g/mol. The number of aliphatic hydroxyl groups excluding tert-OH is 1. The number of nitrogens with zero attached hydrogens (tertiary/aromatic N) is 1. The van der Waals surface area contributed by atoms with Crippen LogP contribution in [0.3, 0.4) is 0 Å². The molecule has 1 unspecified atom stereocenters. The van der Waals surface area contributed by atoms with Gasteiger partial charge in [0.2, 0.25) is 0 Å². The lowest BCUT2D eigenvalue weighted by Crippen LogP contribution is -2.47. The third-order valence-corrected chi connectivity index (χ3v) is 7.87. The van der Waals surface area contributed by atoms with Gasteiger partial charge in [-0.1, -0.05) is 31.1 Å². The van der Waals surface area contributed by atoms with Crippen LogP contribution in [0.15, 0.2) is 23.3 Å². The van der Waals surface area contributed by atoms with Crippen molar-refractivity contribution in [3.8, 4) is 6.07 Å². The number of nitriles is 1. The van der Waals surface area contributed by atoms with Crippen LogP contribution in [-0.2, 0) is 4.79 Å². The molecule has 0 heterocycles. The van der Waals surface area contributed by atoms with Gasteiger partial charge >= 0.3 is 0 Å². The third-order valence-electron chi connectivity index (χ3n) is 7.87. The zero-order valence-corrected chi connectivity index (χ0v) is 14.7. The lowest BCUT2D eigenvalue weighted by Gasteiger charge is -2.55. The second-order valence-corrected chi connectivity index (χ2v) is 8.85. The molecule has 0 radical (unpaired) electrons. The molecular formula is C21H27NO2. The van der Waals surface area contributed by atoms with Crippen LogP contribution in [0.1, 0.15) is 52.4 Å². The first-order valence-corrected chi connectivity index (χ1v) is 9.40. The van der Waals surface area contributed by atoms with Crippen LogP contribution in [0.4, 0.5) is 0 Å². The lowest BCUT2D eigenvalue weighted by molar-refractivity contribution is -0.115. The number of fused-ring (bicyclic) bond motifs is 5. The molecule has 6 atom stereocenters. The molecule has 128 valence electrons. The quantitative estimate of drug-likeness (QED) is 0.746. The predicted molar refractivity (Wildman–Crippen MR) is 91.7 cm³/mol. The summed E-state index contributed by atoms with van der Waals surface area (Å²) in [4.78, 5) is 12.0. The van der Waals surface area contributed by atoms with Crippen LogP contribution >= 0.6 is 0 Å². The van der Waals surface area contributed by atoms with Crippen molar-refractivity contribution in [2.24, 2.45) is 34.5 Å². The molecule has 4 aliphatic rings. The molecule has 3 nitrogen and oxygen atoms in total. The smallest absolute Gasteiger partial charge is 0.155 e. The van der Waals surface area contributed by atoms with E-state index in [1.165, 1.54) is 11.1 Å². The van der Waals surface area contributed by atoms with E-state index in [9.17, 15) is 15.2 Å². The van der Waals surface area contributed by atoms with Gasteiger partial charge in [-0.05, 0) is 55.4 Å². The van der Waals surface area contributed by atoms with Crippen molar-refractivity contribution in [2.45, 2.75) is 52.4 Å². The van der Waals surface area contributed by atoms with Crippen LogP contribution in [0, 0.1) is 45.8 Å². The van der Waals surface area contributed by atoms with Crippen molar-refractivity contribution in [1.82, 2.24) is 0 Å². The van der Waals surface area contributed by atoms with E-state index in [1.807, 2.05) is 6.08 Å². The van der Waals surface area contributed by atoms with Gasteiger partial charge in [0.15, 0.2) is 5.78 Å². The molecule has 0 aromatic rings. The van der Waals surface area contributed by atoms with Gasteiger partial charge in [-0.25, -0.2) is 0 Å². The van der Waals surface area contributed by atoms with Gasteiger partial charge in [-0.2, -0.15) is 5.26 Å². The van der Waals surface area contributed by atoms with Gasteiger partial charge in [-0.15, -0.1) is 0 Å². The van der Waals surface area contributed by atoms with E-state index in [2.05, 4.69) is 26.0 Å². The molecule has 0 aromatic heterocycles. The molecule has 0 spiro atoms. The van der Waals surface area contributed by atoms with Gasteiger partial charge in [0, 0.05) is 24.4 Å². The molecule has 0 aliphatic heterocycles. The summed E-state index contributed by atoms with van der Waals surface area (Å²) in [5.74, 6) is 1.49. The molecule has 4 aliphatic carbocycles. The Bertz CT molecular complexity index is 684. The van der Waals surface area contributed by atoms with Gasteiger partial charge in [0.25, 0.3) is 0 Å². The van der Waals surface area contributed by atoms with E-state index in [1.54, 1.807) is 0 Å². The summed E-state index contributed by atoms with van der Waals surface area (Å²) in [6.45, 7) is 4.72. The van der Waals surface area contributed by atoms with Crippen LogP contribution in [0.2, 0.25) is 0 Å². The largest absolute Gasteiger partial charge is 0.396 e. The molecule has 3 heteroatoms. The van der Waals surface area contributed by atoms with Gasteiger partial charge < -0.3 is 5.11 Å². The molecule has 4 rings (SSSR count). The van der Waals surface area contributed by atoms with Crippen LogP contribution in [-0.4, -0.2) is 17.5 Å². The van der Waals surface area contributed by atoms with Crippen molar-refractivity contribution in [1.29, 1.82) is 5.26 Å². The number of carbonyl (C=O) groups is 1. The molecule has 2 fully saturated rings. The highest BCUT2D eigenvalue weighted by Crippen LogP contribution is 2.65. The molecule has 0 bridgehead atoms. The van der Waals surface area contributed by atoms with Crippen LogP contribution in [0.5, 0.6) is 0 Å². The highest BCUT2D eigenvalue weighted by atomic mass is 16.3. The van der Waals surface area contributed by atoms with E-state index >= 15 is 0 Å². The summed E-state index contributed by atoms with van der Waals surface area (Å²) in [5, 5.41) is 19.6. The lowest BCUT2D eigenvalue weighted by atomic mass is 9.49. The number of hydrogen-bond acceptors (Lipinski definition) is 3. The minimum atomic E-state index is -0.0592. The zero-order valence-electron chi connectivity index (χ0n) is 14.7. The van der Waals surface area contributed by atoms with Crippen molar-refractivity contribution >= 4 is 5.78 Å². The second kappa shape index (κ2) is 5.30. The van der Waals surface area contributed by atoms with Crippen molar-refractivity contribution in [2.75, 3.05) is 6.61 Å². The summed E-state index contributed by atoms with van der Waals surface area (Å²) >= 11 is 0. The Kier molecular flexibility index (Phi) is 3.55. The fraction of sp³-hybridized carbons (Fsp3) is 0.714. The Morgan fingerprint density at radius 2 is 2.12 bits per heavy atom. The fourth-order valence-electron chi connectivity index (χ4n) is 6.46. The minimum Gasteiger partial charge on any atom is -0.396 e. The van der Waals surface area contributed by atoms with E-state index < -0.39 is 0 Å². The fourth-order valence-corrected chi connectivity index (χ4v) is 6.46. The summed E-state index contributed by atoms with van der Waals surface area (Å²) in [7, 11) is 0. The Hall–Kier alpha value is -1.40.